The Morgan fingerprint density at radius 1 is 1.12 bits per heavy atom. The van der Waals surface area contributed by atoms with Crippen molar-refractivity contribution in [2.75, 3.05) is 19.0 Å². The molecule has 0 aromatic heterocycles. The average Bonchev–Trinajstić information content (AvgIpc) is 2.59. The normalized spacial score (nSPS) is 10.3. The topological polar surface area (TPSA) is 64.6 Å². The molecule has 0 saturated carbocycles. The highest BCUT2D eigenvalue weighted by Crippen LogP contribution is 2.26. The van der Waals surface area contributed by atoms with Crippen molar-refractivity contribution in [1.82, 2.24) is 0 Å². The summed E-state index contributed by atoms with van der Waals surface area (Å²) in [5.41, 5.74) is 3.36. The number of hydrogen-bond donors (Lipinski definition) is 1. The number of methoxy groups -OCH3 is 1. The molecule has 0 heterocycles. The Hall–Kier alpha value is -2.53. The zero-order valence-corrected chi connectivity index (χ0v) is 15.4. The third-order valence-electron chi connectivity index (χ3n) is 3.79. The van der Waals surface area contributed by atoms with Gasteiger partial charge in [0.15, 0.2) is 6.61 Å². The van der Waals surface area contributed by atoms with Gasteiger partial charge in [0.05, 0.1) is 12.7 Å². The number of benzene rings is 2. The highest BCUT2D eigenvalue weighted by Gasteiger charge is 2.14. The second kappa shape index (κ2) is 8.03. The Morgan fingerprint density at radius 3 is 2.36 bits per heavy atom. The Bertz CT molecular complexity index is 794. The van der Waals surface area contributed by atoms with Crippen LogP contribution in [0.4, 0.5) is 5.69 Å². The van der Waals surface area contributed by atoms with Gasteiger partial charge in [0.1, 0.15) is 5.75 Å². The molecule has 1 amide bonds. The molecule has 0 aliphatic heterocycles. The SMILES string of the molecule is COC(=O)c1cccc(NC(=O)COc2cc(C)c(Cl)c(C)c2)c1C. The maximum absolute atomic E-state index is 12.1. The largest absolute Gasteiger partial charge is 0.484 e. The maximum Gasteiger partial charge on any atom is 0.338 e. The minimum Gasteiger partial charge on any atom is -0.484 e. The van der Waals surface area contributed by atoms with Crippen molar-refractivity contribution >= 4 is 29.2 Å². The van der Waals surface area contributed by atoms with Gasteiger partial charge in [0.2, 0.25) is 0 Å². The van der Waals surface area contributed by atoms with E-state index in [-0.39, 0.29) is 12.5 Å². The molecule has 0 bridgehead atoms. The predicted molar refractivity (Wildman–Crippen MR) is 97.6 cm³/mol. The molecule has 0 spiro atoms. The van der Waals surface area contributed by atoms with E-state index < -0.39 is 5.97 Å². The van der Waals surface area contributed by atoms with Crippen molar-refractivity contribution in [3.05, 3.63) is 57.6 Å². The number of hydrogen-bond acceptors (Lipinski definition) is 4. The number of carbonyl (C=O) groups is 2. The molecule has 0 unspecified atom stereocenters. The molecule has 0 radical (unpaired) electrons. The third-order valence-corrected chi connectivity index (χ3v) is 4.39. The van der Waals surface area contributed by atoms with Gasteiger partial charge in [-0.3, -0.25) is 4.79 Å². The molecular formula is C19H20ClNO4. The second-order valence-corrected chi connectivity index (χ2v) is 6.06. The van der Waals surface area contributed by atoms with E-state index in [0.717, 1.165) is 11.1 Å². The van der Waals surface area contributed by atoms with E-state index in [9.17, 15) is 9.59 Å². The summed E-state index contributed by atoms with van der Waals surface area (Å²) in [6.07, 6.45) is 0. The standard InChI is InChI=1S/C19H20ClNO4/c1-11-8-14(9-12(2)18(11)20)25-10-17(22)21-16-7-5-6-15(13(16)3)19(23)24-4/h5-9H,10H2,1-4H3,(H,21,22). The van der Waals surface area contributed by atoms with Crippen molar-refractivity contribution in [2.24, 2.45) is 0 Å². The van der Waals surface area contributed by atoms with Crippen LogP contribution in [0.25, 0.3) is 0 Å². The van der Waals surface area contributed by atoms with Crippen molar-refractivity contribution < 1.29 is 19.1 Å². The van der Waals surface area contributed by atoms with Crippen LogP contribution in [0, 0.1) is 20.8 Å². The van der Waals surface area contributed by atoms with E-state index in [2.05, 4.69) is 5.32 Å². The molecule has 132 valence electrons. The van der Waals surface area contributed by atoms with Gasteiger partial charge in [-0.2, -0.15) is 0 Å². The summed E-state index contributed by atoms with van der Waals surface area (Å²) < 4.78 is 10.3. The van der Waals surface area contributed by atoms with E-state index in [0.29, 0.717) is 27.6 Å². The van der Waals surface area contributed by atoms with E-state index in [1.54, 1.807) is 37.3 Å². The third kappa shape index (κ3) is 4.51. The van der Waals surface area contributed by atoms with Crippen molar-refractivity contribution in [1.29, 1.82) is 0 Å². The molecule has 2 rings (SSSR count). The molecule has 0 aliphatic carbocycles. The predicted octanol–water partition coefficient (Wildman–Crippen LogP) is 4.07. The first-order valence-electron chi connectivity index (χ1n) is 7.70. The molecule has 0 aliphatic rings. The highest BCUT2D eigenvalue weighted by atomic mass is 35.5. The number of amides is 1. The summed E-state index contributed by atoms with van der Waals surface area (Å²) in [5, 5.41) is 3.43. The van der Waals surface area contributed by atoms with Gasteiger partial charge < -0.3 is 14.8 Å². The number of rotatable bonds is 5. The van der Waals surface area contributed by atoms with Crippen LogP contribution in [0.5, 0.6) is 5.75 Å². The van der Waals surface area contributed by atoms with E-state index in [1.807, 2.05) is 13.8 Å². The number of aryl methyl sites for hydroxylation is 2. The molecular weight excluding hydrogens is 342 g/mol. The van der Waals surface area contributed by atoms with E-state index >= 15 is 0 Å². The van der Waals surface area contributed by atoms with Crippen LogP contribution in [0.2, 0.25) is 5.02 Å². The Labute approximate surface area is 151 Å². The number of anilines is 1. The Kier molecular flexibility index (Phi) is 6.04. The lowest BCUT2D eigenvalue weighted by Gasteiger charge is -2.13. The second-order valence-electron chi connectivity index (χ2n) is 5.68. The van der Waals surface area contributed by atoms with Gasteiger partial charge in [0, 0.05) is 10.7 Å². The Balaban J connectivity index is 2.05. The lowest BCUT2D eigenvalue weighted by molar-refractivity contribution is -0.118. The van der Waals surface area contributed by atoms with Gasteiger partial charge in [-0.15, -0.1) is 0 Å². The first-order valence-corrected chi connectivity index (χ1v) is 8.08. The van der Waals surface area contributed by atoms with E-state index in [1.165, 1.54) is 7.11 Å². The lowest BCUT2D eigenvalue weighted by atomic mass is 10.1. The number of nitrogens with one attached hydrogen (secondary N) is 1. The molecule has 6 heteroatoms. The molecule has 0 saturated heterocycles. The Morgan fingerprint density at radius 2 is 1.76 bits per heavy atom. The first kappa shape index (κ1) is 18.8. The zero-order chi connectivity index (χ0) is 18.6. The van der Waals surface area contributed by atoms with Crippen LogP contribution in [0.1, 0.15) is 27.0 Å². The van der Waals surface area contributed by atoms with Crippen LogP contribution in [-0.4, -0.2) is 25.6 Å². The number of ether oxygens (including phenoxy) is 2. The van der Waals surface area contributed by atoms with Gasteiger partial charge in [-0.05, 0) is 61.7 Å². The summed E-state index contributed by atoms with van der Waals surface area (Å²) in [7, 11) is 1.32. The maximum atomic E-state index is 12.1. The van der Waals surface area contributed by atoms with Crippen LogP contribution in [-0.2, 0) is 9.53 Å². The fourth-order valence-corrected chi connectivity index (χ4v) is 2.54. The fourth-order valence-electron chi connectivity index (χ4n) is 2.43. The number of carbonyl (C=O) groups excluding carboxylic acids is 2. The van der Waals surface area contributed by atoms with Gasteiger partial charge >= 0.3 is 5.97 Å². The first-order chi connectivity index (χ1) is 11.8. The molecule has 2 aromatic carbocycles. The number of esters is 1. The molecule has 25 heavy (non-hydrogen) atoms. The molecule has 2 aromatic rings. The minimum absolute atomic E-state index is 0.150. The zero-order valence-electron chi connectivity index (χ0n) is 14.6. The van der Waals surface area contributed by atoms with Gasteiger partial charge in [-0.25, -0.2) is 4.79 Å². The summed E-state index contributed by atoms with van der Waals surface area (Å²) in [5.74, 6) is -0.193. The number of halogens is 1. The monoisotopic (exact) mass is 361 g/mol. The van der Waals surface area contributed by atoms with Crippen LogP contribution < -0.4 is 10.1 Å². The average molecular weight is 362 g/mol. The van der Waals surface area contributed by atoms with Crippen molar-refractivity contribution in [3.63, 3.8) is 0 Å². The quantitative estimate of drug-likeness (QED) is 0.815. The minimum atomic E-state index is -0.447. The summed E-state index contributed by atoms with van der Waals surface area (Å²) in [6.45, 7) is 5.35. The van der Waals surface area contributed by atoms with Crippen LogP contribution in [0.3, 0.4) is 0 Å². The van der Waals surface area contributed by atoms with Crippen LogP contribution in [0.15, 0.2) is 30.3 Å². The van der Waals surface area contributed by atoms with Crippen LogP contribution >= 0.6 is 11.6 Å². The fraction of sp³-hybridized carbons (Fsp3) is 0.263. The van der Waals surface area contributed by atoms with Gasteiger partial charge in [0.25, 0.3) is 5.91 Å². The highest BCUT2D eigenvalue weighted by molar-refractivity contribution is 6.32. The van der Waals surface area contributed by atoms with Crippen molar-refractivity contribution in [2.45, 2.75) is 20.8 Å². The van der Waals surface area contributed by atoms with Gasteiger partial charge in [-0.1, -0.05) is 17.7 Å². The summed E-state index contributed by atoms with van der Waals surface area (Å²) >= 11 is 6.12. The molecule has 1 N–H and O–H groups in total. The summed E-state index contributed by atoms with van der Waals surface area (Å²) in [6, 6.07) is 8.61. The molecule has 0 atom stereocenters. The lowest BCUT2D eigenvalue weighted by Crippen LogP contribution is -2.21. The summed E-state index contributed by atoms with van der Waals surface area (Å²) in [4.78, 5) is 23.9. The molecule has 0 fully saturated rings. The smallest absolute Gasteiger partial charge is 0.338 e. The molecule has 5 nitrogen and oxygen atoms in total. The van der Waals surface area contributed by atoms with E-state index in [4.69, 9.17) is 21.1 Å². The van der Waals surface area contributed by atoms with Crippen molar-refractivity contribution in [3.8, 4) is 5.75 Å².